The van der Waals surface area contributed by atoms with Crippen LogP contribution in [0.3, 0.4) is 0 Å². The molecule has 0 bridgehead atoms. The van der Waals surface area contributed by atoms with Crippen molar-refractivity contribution in [2.24, 2.45) is 0 Å². The van der Waals surface area contributed by atoms with Crippen LogP contribution in [0.15, 0.2) is 24.3 Å². The number of hydrogen-bond donors (Lipinski definition) is 1. The minimum Gasteiger partial charge on any atom is -0.478 e. The van der Waals surface area contributed by atoms with Gasteiger partial charge in [-0.25, -0.2) is 9.59 Å². The molecule has 0 spiro atoms. The number of benzene rings is 1. The lowest BCUT2D eigenvalue weighted by Gasteiger charge is -2.16. The van der Waals surface area contributed by atoms with Gasteiger partial charge in [-0.2, -0.15) is 4.89 Å². The summed E-state index contributed by atoms with van der Waals surface area (Å²) in [5, 5.41) is 8.77. The zero-order valence-corrected chi connectivity index (χ0v) is 9.89. The molecule has 0 aliphatic rings. The average molecular weight is 238 g/mol. The number of aromatic carboxylic acids is 1. The summed E-state index contributed by atoms with van der Waals surface area (Å²) < 4.78 is 0. The van der Waals surface area contributed by atoms with Gasteiger partial charge >= 0.3 is 11.9 Å². The summed E-state index contributed by atoms with van der Waals surface area (Å²) in [5.41, 5.74) is -0.454. The Morgan fingerprint density at radius 3 is 2.29 bits per heavy atom. The van der Waals surface area contributed by atoms with Crippen molar-refractivity contribution in [1.29, 1.82) is 0 Å². The van der Waals surface area contributed by atoms with E-state index in [0.29, 0.717) is 0 Å². The Morgan fingerprint density at radius 1 is 1.18 bits per heavy atom. The Morgan fingerprint density at radius 2 is 1.76 bits per heavy atom. The molecule has 5 nitrogen and oxygen atoms in total. The second-order valence-electron chi connectivity index (χ2n) is 4.45. The summed E-state index contributed by atoms with van der Waals surface area (Å²) in [6, 6.07) is 5.55. The maximum atomic E-state index is 11.5. The smallest absolute Gasteiger partial charge is 0.373 e. The van der Waals surface area contributed by atoms with E-state index in [4.69, 9.17) is 9.99 Å². The number of rotatable bonds is 3. The lowest BCUT2D eigenvalue weighted by molar-refractivity contribution is -0.301. The van der Waals surface area contributed by atoms with Crippen LogP contribution < -0.4 is 0 Å². The summed E-state index contributed by atoms with van der Waals surface area (Å²) in [5.74, 6) is -1.82. The topological polar surface area (TPSA) is 72.8 Å². The molecule has 0 saturated carbocycles. The molecule has 0 aliphatic carbocycles. The molecule has 0 heterocycles. The van der Waals surface area contributed by atoms with Gasteiger partial charge in [0, 0.05) is 0 Å². The SMILES string of the molecule is CC(C)(C)OOC(=O)c1cccc(C(=O)O)c1. The monoisotopic (exact) mass is 238 g/mol. The quantitative estimate of drug-likeness (QED) is 0.646. The van der Waals surface area contributed by atoms with Gasteiger partial charge in [-0.3, -0.25) is 4.89 Å². The van der Waals surface area contributed by atoms with Crippen LogP contribution >= 0.6 is 0 Å². The highest BCUT2D eigenvalue weighted by Crippen LogP contribution is 2.11. The molecule has 5 heteroatoms. The number of carbonyl (C=O) groups excluding carboxylic acids is 1. The third-order valence-electron chi connectivity index (χ3n) is 1.71. The minimum atomic E-state index is -1.10. The van der Waals surface area contributed by atoms with Gasteiger partial charge in [0.25, 0.3) is 0 Å². The molecule has 0 aliphatic heterocycles. The van der Waals surface area contributed by atoms with Crippen molar-refractivity contribution in [1.82, 2.24) is 0 Å². The zero-order chi connectivity index (χ0) is 13.1. The normalized spacial score (nSPS) is 11.0. The van der Waals surface area contributed by atoms with E-state index >= 15 is 0 Å². The highest BCUT2D eigenvalue weighted by molar-refractivity contribution is 5.94. The molecule has 17 heavy (non-hydrogen) atoms. The molecule has 0 aromatic heterocycles. The van der Waals surface area contributed by atoms with E-state index < -0.39 is 17.5 Å². The van der Waals surface area contributed by atoms with Gasteiger partial charge in [-0.1, -0.05) is 6.07 Å². The number of hydrogen-bond acceptors (Lipinski definition) is 4. The van der Waals surface area contributed by atoms with Crippen LogP contribution in [0, 0.1) is 0 Å². The lowest BCUT2D eigenvalue weighted by Crippen LogP contribution is -2.22. The van der Waals surface area contributed by atoms with Crippen LogP contribution in [0.25, 0.3) is 0 Å². The van der Waals surface area contributed by atoms with Crippen LogP contribution in [-0.4, -0.2) is 22.6 Å². The standard InChI is InChI=1S/C12H14O5/c1-12(2,3)17-16-11(15)9-6-4-5-8(7-9)10(13)14/h4-7H,1-3H3,(H,13,14). The minimum absolute atomic E-state index is 0.0233. The van der Waals surface area contributed by atoms with E-state index in [1.165, 1.54) is 24.3 Å². The maximum Gasteiger partial charge on any atom is 0.373 e. The number of carbonyl (C=O) groups is 2. The summed E-state index contributed by atoms with van der Waals surface area (Å²) in [7, 11) is 0. The predicted molar refractivity (Wildman–Crippen MR) is 59.7 cm³/mol. The molecule has 0 fully saturated rings. The van der Waals surface area contributed by atoms with Crippen molar-refractivity contribution in [2.75, 3.05) is 0 Å². The van der Waals surface area contributed by atoms with Crippen molar-refractivity contribution in [3.8, 4) is 0 Å². The summed E-state index contributed by atoms with van der Waals surface area (Å²) in [4.78, 5) is 31.7. The van der Waals surface area contributed by atoms with E-state index in [9.17, 15) is 9.59 Å². The molecule has 92 valence electrons. The lowest BCUT2D eigenvalue weighted by atomic mass is 10.1. The van der Waals surface area contributed by atoms with Gasteiger partial charge in [0.1, 0.15) is 5.60 Å². The van der Waals surface area contributed by atoms with Crippen LogP contribution in [0.1, 0.15) is 41.5 Å². The van der Waals surface area contributed by atoms with E-state index in [1.807, 2.05) is 0 Å². The van der Waals surface area contributed by atoms with Gasteiger partial charge in [0.2, 0.25) is 0 Å². The number of carboxylic acids is 1. The molecule has 1 rings (SSSR count). The molecule has 0 amide bonds. The van der Waals surface area contributed by atoms with Gasteiger partial charge in [-0.05, 0) is 39.0 Å². The Kier molecular flexibility index (Phi) is 3.85. The molecular weight excluding hydrogens is 224 g/mol. The molecule has 1 aromatic carbocycles. The highest BCUT2D eigenvalue weighted by Gasteiger charge is 2.17. The fraction of sp³-hybridized carbons (Fsp3) is 0.333. The first-order valence-electron chi connectivity index (χ1n) is 5.03. The molecule has 1 N–H and O–H groups in total. The molecule has 0 atom stereocenters. The summed E-state index contributed by atoms with van der Waals surface area (Å²) in [6.45, 7) is 5.19. The van der Waals surface area contributed by atoms with Gasteiger partial charge in [0.15, 0.2) is 0 Å². The predicted octanol–water partition coefficient (Wildman–Crippen LogP) is 2.27. The van der Waals surface area contributed by atoms with E-state index in [2.05, 4.69) is 4.89 Å². The molecule has 0 unspecified atom stereocenters. The Bertz CT molecular complexity index is 431. The van der Waals surface area contributed by atoms with Gasteiger partial charge < -0.3 is 5.11 Å². The molecule has 1 aromatic rings. The second kappa shape index (κ2) is 4.97. The van der Waals surface area contributed by atoms with Crippen molar-refractivity contribution >= 4 is 11.9 Å². The molecular formula is C12H14O5. The third kappa shape index (κ3) is 4.24. The summed E-state index contributed by atoms with van der Waals surface area (Å²) in [6.07, 6.45) is 0. The van der Waals surface area contributed by atoms with E-state index in [0.717, 1.165) is 0 Å². The maximum absolute atomic E-state index is 11.5. The van der Waals surface area contributed by atoms with Crippen molar-refractivity contribution < 1.29 is 24.5 Å². The molecule has 0 saturated heterocycles. The third-order valence-corrected chi connectivity index (χ3v) is 1.71. The van der Waals surface area contributed by atoms with Gasteiger partial charge in [-0.15, -0.1) is 0 Å². The molecule has 0 radical (unpaired) electrons. The van der Waals surface area contributed by atoms with E-state index in [1.54, 1.807) is 20.8 Å². The first-order chi connectivity index (χ1) is 7.79. The van der Waals surface area contributed by atoms with Crippen molar-refractivity contribution in [3.63, 3.8) is 0 Å². The first-order valence-corrected chi connectivity index (χ1v) is 5.03. The fourth-order valence-corrected chi connectivity index (χ4v) is 0.990. The first kappa shape index (κ1) is 13.2. The average Bonchev–Trinajstić information content (AvgIpc) is 2.25. The van der Waals surface area contributed by atoms with Gasteiger partial charge in [0.05, 0.1) is 11.1 Å². The Balaban J connectivity index is 2.76. The largest absolute Gasteiger partial charge is 0.478 e. The van der Waals surface area contributed by atoms with Crippen LogP contribution in [0.5, 0.6) is 0 Å². The van der Waals surface area contributed by atoms with Crippen LogP contribution in [-0.2, 0) is 9.78 Å². The fourth-order valence-electron chi connectivity index (χ4n) is 0.990. The summed E-state index contributed by atoms with van der Waals surface area (Å²) >= 11 is 0. The van der Waals surface area contributed by atoms with Crippen LogP contribution in [0.4, 0.5) is 0 Å². The Hall–Kier alpha value is -1.88. The van der Waals surface area contributed by atoms with Crippen LogP contribution in [0.2, 0.25) is 0 Å². The Labute approximate surface area is 98.9 Å². The zero-order valence-electron chi connectivity index (χ0n) is 9.89. The van der Waals surface area contributed by atoms with Crippen molar-refractivity contribution in [3.05, 3.63) is 35.4 Å². The van der Waals surface area contributed by atoms with Crippen molar-refractivity contribution in [2.45, 2.75) is 26.4 Å². The van der Waals surface area contributed by atoms with E-state index in [-0.39, 0.29) is 11.1 Å². The highest BCUT2D eigenvalue weighted by atomic mass is 17.2. The number of carboxylic acid groups (broad SMARTS) is 1. The second-order valence-corrected chi connectivity index (χ2v) is 4.45.